The summed E-state index contributed by atoms with van der Waals surface area (Å²) in [4.78, 5) is 24.7. The molecule has 1 spiro atoms. The fourth-order valence-corrected chi connectivity index (χ4v) is 6.42. The van der Waals surface area contributed by atoms with Crippen molar-refractivity contribution in [2.24, 2.45) is 5.41 Å². The van der Waals surface area contributed by atoms with Gasteiger partial charge in [0.05, 0.1) is 6.10 Å². The van der Waals surface area contributed by atoms with Crippen LogP contribution < -0.4 is 0 Å². The first-order valence-corrected chi connectivity index (χ1v) is 13.3. The van der Waals surface area contributed by atoms with Crippen molar-refractivity contribution >= 4 is 12.9 Å². The zero-order valence-corrected chi connectivity index (χ0v) is 22.7. The van der Waals surface area contributed by atoms with E-state index in [-0.39, 0.29) is 12.9 Å². The molecule has 0 radical (unpaired) electrons. The van der Waals surface area contributed by atoms with E-state index in [0.717, 1.165) is 13.1 Å². The molecule has 2 heterocycles. The Balaban J connectivity index is 0.000000693. The highest BCUT2D eigenvalue weighted by Gasteiger charge is 2.45. The minimum absolute atomic E-state index is 0.250. The maximum absolute atomic E-state index is 8.36. The Morgan fingerprint density at radius 3 is 2.00 bits per heavy atom. The van der Waals surface area contributed by atoms with E-state index in [0.29, 0.717) is 11.5 Å². The third kappa shape index (κ3) is 8.26. The van der Waals surface area contributed by atoms with Crippen LogP contribution in [-0.2, 0) is 27.4 Å². The van der Waals surface area contributed by atoms with E-state index >= 15 is 0 Å². The van der Waals surface area contributed by atoms with Crippen molar-refractivity contribution in [3.63, 3.8) is 0 Å². The summed E-state index contributed by atoms with van der Waals surface area (Å²) in [6.07, 6.45) is 7.08. The molecule has 8 nitrogen and oxygen atoms in total. The normalized spacial score (nSPS) is 24.9. The zero-order valence-electron chi connectivity index (χ0n) is 22.7. The van der Waals surface area contributed by atoms with Crippen molar-refractivity contribution in [2.45, 2.75) is 72.1 Å². The van der Waals surface area contributed by atoms with Gasteiger partial charge in [-0.3, -0.25) is 19.4 Å². The van der Waals surface area contributed by atoms with Crippen LogP contribution in [0, 0.1) is 19.3 Å². The van der Waals surface area contributed by atoms with E-state index in [1.807, 2.05) is 7.11 Å². The minimum atomic E-state index is -0.250. The number of carboxylic acid groups (broad SMARTS) is 2. The lowest BCUT2D eigenvalue weighted by molar-refractivity contribution is -0.123. The van der Waals surface area contributed by atoms with Gasteiger partial charge in [0.25, 0.3) is 12.9 Å². The molecule has 3 aliphatic rings. The first-order valence-electron chi connectivity index (χ1n) is 13.3. The van der Waals surface area contributed by atoms with Crippen LogP contribution in [0.3, 0.4) is 0 Å². The molecule has 2 saturated heterocycles. The van der Waals surface area contributed by atoms with Gasteiger partial charge >= 0.3 is 0 Å². The molecular formula is C28H47N3O5. The van der Waals surface area contributed by atoms with Crippen molar-refractivity contribution in [3.8, 4) is 0 Å². The number of aryl methyl sites for hydroxylation is 1. The van der Waals surface area contributed by atoms with Gasteiger partial charge in [-0.05, 0) is 69.3 Å². The molecule has 0 bridgehead atoms. The Bertz CT molecular complexity index is 807. The predicted octanol–water partition coefficient (Wildman–Crippen LogP) is 3.62. The van der Waals surface area contributed by atoms with Gasteiger partial charge in [0.1, 0.15) is 0 Å². The van der Waals surface area contributed by atoms with Crippen molar-refractivity contribution in [1.82, 2.24) is 14.7 Å². The highest BCUT2D eigenvalue weighted by molar-refractivity contribution is 5.38. The van der Waals surface area contributed by atoms with Crippen molar-refractivity contribution in [1.29, 1.82) is 0 Å². The second-order valence-electron chi connectivity index (χ2n) is 10.4. The van der Waals surface area contributed by atoms with E-state index in [4.69, 9.17) is 24.5 Å². The fourth-order valence-electron chi connectivity index (χ4n) is 6.42. The number of hydrogen-bond donors (Lipinski definition) is 2. The Hall–Kier alpha value is -2.00. The molecule has 0 aromatic heterocycles. The van der Waals surface area contributed by atoms with E-state index in [2.05, 4.69) is 47.6 Å². The Labute approximate surface area is 217 Å². The van der Waals surface area contributed by atoms with Crippen LogP contribution in [0.5, 0.6) is 0 Å². The summed E-state index contributed by atoms with van der Waals surface area (Å²) >= 11 is 0. The van der Waals surface area contributed by atoms with Crippen molar-refractivity contribution in [3.05, 3.63) is 34.4 Å². The molecule has 1 aromatic rings. The van der Waals surface area contributed by atoms with E-state index in [1.54, 1.807) is 5.56 Å². The number of ether oxygens (including phenoxy) is 1. The largest absolute Gasteiger partial charge is 0.483 e. The quantitative estimate of drug-likeness (QED) is 0.566. The standard InChI is InChI=1S/C26H43N3O.2CH2O2/c1-5-27-12-14-28(15-13-27)18-23-16-21(2)17-24(22(23)3)19-29-11-7-10-26(20-29)9-6-8-25(26)30-4;2*2-1-3/h16-17,25H,5-15,18-20H2,1-4H3;2*1H,(H,2,3)/t25-,26-;;/m1../s1. The van der Waals surface area contributed by atoms with Gasteiger partial charge in [-0.2, -0.15) is 0 Å². The van der Waals surface area contributed by atoms with Crippen LogP contribution in [-0.4, -0.2) is 96.9 Å². The van der Waals surface area contributed by atoms with Gasteiger partial charge in [0, 0.05) is 58.3 Å². The summed E-state index contributed by atoms with van der Waals surface area (Å²) in [6, 6.07) is 4.87. The Morgan fingerprint density at radius 2 is 1.44 bits per heavy atom. The van der Waals surface area contributed by atoms with E-state index < -0.39 is 0 Å². The smallest absolute Gasteiger partial charge is 0.290 e. The van der Waals surface area contributed by atoms with Gasteiger partial charge < -0.3 is 19.8 Å². The summed E-state index contributed by atoms with van der Waals surface area (Å²) in [7, 11) is 1.92. The number of piperidine rings is 1. The third-order valence-corrected chi connectivity index (χ3v) is 8.26. The van der Waals surface area contributed by atoms with Gasteiger partial charge in [0.2, 0.25) is 0 Å². The van der Waals surface area contributed by atoms with Crippen LogP contribution in [0.2, 0.25) is 0 Å². The van der Waals surface area contributed by atoms with Crippen LogP contribution in [0.15, 0.2) is 12.1 Å². The number of hydrogen-bond acceptors (Lipinski definition) is 6. The lowest BCUT2D eigenvalue weighted by Crippen LogP contribution is -2.47. The maximum atomic E-state index is 8.36. The number of methoxy groups -OCH3 is 1. The molecular weight excluding hydrogens is 458 g/mol. The lowest BCUT2D eigenvalue weighted by atomic mass is 9.76. The Morgan fingerprint density at radius 1 is 0.917 bits per heavy atom. The minimum Gasteiger partial charge on any atom is -0.483 e. The Kier molecular flexibility index (Phi) is 12.8. The van der Waals surface area contributed by atoms with Crippen LogP contribution in [0.4, 0.5) is 0 Å². The first-order chi connectivity index (χ1) is 17.4. The second-order valence-corrected chi connectivity index (χ2v) is 10.4. The topological polar surface area (TPSA) is 93.5 Å². The summed E-state index contributed by atoms with van der Waals surface area (Å²) in [5, 5.41) is 13.8. The molecule has 1 saturated carbocycles. The average Bonchev–Trinajstić information content (AvgIpc) is 3.24. The first kappa shape index (κ1) is 30.2. The molecule has 2 atom stereocenters. The maximum Gasteiger partial charge on any atom is 0.290 e. The second kappa shape index (κ2) is 15.3. The van der Waals surface area contributed by atoms with Crippen LogP contribution in [0.25, 0.3) is 0 Å². The number of piperazine rings is 1. The number of rotatable bonds is 6. The van der Waals surface area contributed by atoms with Crippen LogP contribution in [0.1, 0.15) is 61.3 Å². The van der Waals surface area contributed by atoms with Gasteiger partial charge in [-0.25, -0.2) is 0 Å². The monoisotopic (exact) mass is 505 g/mol. The number of likely N-dealkylation sites (N-methyl/N-ethyl adjacent to an activating group) is 1. The lowest BCUT2D eigenvalue weighted by Gasteiger charge is -2.44. The predicted molar refractivity (Wildman–Crippen MR) is 142 cm³/mol. The molecule has 4 rings (SSSR count). The van der Waals surface area contributed by atoms with Crippen LogP contribution >= 0.6 is 0 Å². The number of benzene rings is 1. The number of likely N-dealkylation sites (tertiary alicyclic amines) is 1. The van der Waals surface area contributed by atoms with E-state index in [1.165, 1.54) is 94.6 Å². The zero-order chi connectivity index (χ0) is 26.6. The summed E-state index contributed by atoms with van der Waals surface area (Å²) in [6.45, 7) is 17.1. The number of carbonyl (C=O) groups is 2. The van der Waals surface area contributed by atoms with Gasteiger partial charge in [0.15, 0.2) is 0 Å². The molecule has 1 aliphatic carbocycles. The van der Waals surface area contributed by atoms with Gasteiger partial charge in [-0.15, -0.1) is 0 Å². The molecule has 3 fully saturated rings. The molecule has 0 amide bonds. The molecule has 2 aliphatic heterocycles. The fraction of sp³-hybridized carbons (Fsp3) is 0.714. The van der Waals surface area contributed by atoms with Crippen molar-refractivity contribution in [2.75, 3.05) is 52.9 Å². The molecule has 8 heteroatoms. The molecule has 2 N–H and O–H groups in total. The highest BCUT2D eigenvalue weighted by Crippen LogP contribution is 2.46. The van der Waals surface area contributed by atoms with Gasteiger partial charge in [-0.1, -0.05) is 31.0 Å². The summed E-state index contributed by atoms with van der Waals surface area (Å²) in [5.74, 6) is 0. The summed E-state index contributed by atoms with van der Waals surface area (Å²) < 4.78 is 5.93. The van der Waals surface area contributed by atoms with Crippen molar-refractivity contribution < 1.29 is 24.5 Å². The number of nitrogens with zero attached hydrogens (tertiary/aromatic N) is 3. The molecule has 36 heavy (non-hydrogen) atoms. The molecule has 1 aromatic carbocycles. The SMILES string of the molecule is CCN1CCN(Cc2cc(C)cc(CN3CCC[C@]4(CCC[C@H]4OC)C3)c2C)CC1.O=CO.O=CO. The molecule has 204 valence electrons. The van der Waals surface area contributed by atoms with E-state index in [9.17, 15) is 0 Å². The third-order valence-electron chi connectivity index (χ3n) is 8.26. The molecule has 0 unspecified atom stereocenters. The summed E-state index contributed by atoms with van der Waals surface area (Å²) in [5.41, 5.74) is 6.43. The highest BCUT2D eigenvalue weighted by atomic mass is 16.5. The average molecular weight is 506 g/mol.